The molecular weight excluding hydrogens is 464 g/mol. The molecule has 3 heterocycles. The molecule has 8 nitrogen and oxygen atoms in total. The van der Waals surface area contributed by atoms with Crippen molar-refractivity contribution in [3.05, 3.63) is 71.7 Å². The third-order valence-corrected chi connectivity index (χ3v) is 6.38. The molecule has 0 saturated carbocycles. The number of amides is 1. The summed E-state index contributed by atoms with van der Waals surface area (Å²) >= 11 is 0. The van der Waals surface area contributed by atoms with Crippen molar-refractivity contribution in [1.29, 1.82) is 0 Å². The minimum absolute atomic E-state index is 0.480. The minimum Gasteiger partial charge on any atom is -0.444 e. The third-order valence-electron chi connectivity index (χ3n) is 6.38. The van der Waals surface area contributed by atoms with E-state index in [0.717, 1.165) is 41.9 Å². The quantitative estimate of drug-likeness (QED) is 0.354. The van der Waals surface area contributed by atoms with Gasteiger partial charge in [0.15, 0.2) is 0 Å². The number of aromatic nitrogens is 3. The number of hydrogen-bond acceptors (Lipinski definition) is 7. The van der Waals surface area contributed by atoms with Crippen molar-refractivity contribution in [2.75, 3.05) is 24.2 Å². The molecule has 0 unspecified atom stereocenters. The first-order valence-electron chi connectivity index (χ1n) is 12.4. The van der Waals surface area contributed by atoms with Crippen molar-refractivity contribution in [3.63, 3.8) is 0 Å². The molecule has 0 atom stereocenters. The van der Waals surface area contributed by atoms with E-state index in [9.17, 15) is 4.79 Å². The Hall–Kier alpha value is -4.04. The van der Waals surface area contributed by atoms with Gasteiger partial charge in [-0.2, -0.15) is 0 Å². The molecule has 1 aliphatic heterocycles. The van der Waals surface area contributed by atoms with E-state index in [-0.39, 0.29) is 0 Å². The highest BCUT2D eigenvalue weighted by Gasteiger charge is 2.19. The Bertz CT molecular complexity index is 1480. The molecular formula is C29H32N6O2. The lowest BCUT2D eigenvalue weighted by Crippen LogP contribution is -2.27. The average molecular weight is 497 g/mol. The van der Waals surface area contributed by atoms with Crippen molar-refractivity contribution in [2.24, 2.45) is 0 Å². The number of anilines is 3. The smallest absolute Gasteiger partial charge is 0.412 e. The monoisotopic (exact) mass is 496 g/mol. The van der Waals surface area contributed by atoms with E-state index in [1.54, 1.807) is 12.4 Å². The Labute approximate surface area is 217 Å². The largest absolute Gasteiger partial charge is 0.444 e. The second kappa shape index (κ2) is 9.78. The fourth-order valence-electron chi connectivity index (χ4n) is 4.57. The fraction of sp³-hybridized carbons (Fsp3) is 0.310. The number of carbonyl (C=O) groups is 1. The second-order valence-corrected chi connectivity index (χ2v) is 10.5. The predicted octanol–water partition coefficient (Wildman–Crippen LogP) is 6.08. The second-order valence-electron chi connectivity index (χ2n) is 10.5. The van der Waals surface area contributed by atoms with Gasteiger partial charge < -0.3 is 15.0 Å². The highest BCUT2D eigenvalue weighted by Crippen LogP contribution is 2.34. The van der Waals surface area contributed by atoms with Gasteiger partial charge in [0.25, 0.3) is 0 Å². The van der Waals surface area contributed by atoms with Crippen molar-refractivity contribution < 1.29 is 9.53 Å². The molecule has 0 saturated heterocycles. The van der Waals surface area contributed by atoms with Gasteiger partial charge in [-0.25, -0.2) is 14.8 Å². The zero-order chi connectivity index (χ0) is 26.2. The Morgan fingerprint density at radius 2 is 1.89 bits per heavy atom. The number of carbonyl (C=O) groups excluding carboxylic acids is 1. The van der Waals surface area contributed by atoms with E-state index in [1.807, 2.05) is 52.1 Å². The van der Waals surface area contributed by atoms with Crippen LogP contribution in [0.2, 0.25) is 0 Å². The Balaban J connectivity index is 1.55. The zero-order valence-corrected chi connectivity index (χ0v) is 21.9. The molecule has 190 valence electrons. The molecule has 0 spiro atoms. The van der Waals surface area contributed by atoms with Gasteiger partial charge in [0.2, 0.25) is 5.95 Å². The highest BCUT2D eigenvalue weighted by molar-refractivity contribution is 6.05. The first-order chi connectivity index (χ1) is 17.7. The van der Waals surface area contributed by atoms with E-state index in [0.29, 0.717) is 22.5 Å². The molecule has 2 aromatic carbocycles. The molecule has 0 radical (unpaired) electrons. The number of likely N-dealkylation sites (N-methyl/N-ethyl adjacent to an activating group) is 1. The predicted molar refractivity (Wildman–Crippen MR) is 147 cm³/mol. The molecule has 4 aromatic rings. The van der Waals surface area contributed by atoms with Crippen molar-refractivity contribution in [1.82, 2.24) is 19.9 Å². The summed E-state index contributed by atoms with van der Waals surface area (Å²) in [6.45, 7) is 9.54. The van der Waals surface area contributed by atoms with Crippen LogP contribution in [0.4, 0.5) is 22.1 Å². The maximum atomic E-state index is 12.5. The number of fused-ring (bicyclic) bond motifs is 2. The Morgan fingerprint density at radius 3 is 2.68 bits per heavy atom. The Morgan fingerprint density at radius 1 is 1.05 bits per heavy atom. The van der Waals surface area contributed by atoms with Gasteiger partial charge in [-0.05, 0) is 82.1 Å². The third kappa shape index (κ3) is 5.54. The molecule has 37 heavy (non-hydrogen) atoms. The van der Waals surface area contributed by atoms with Crippen LogP contribution < -0.4 is 10.6 Å². The van der Waals surface area contributed by atoms with Gasteiger partial charge in [-0.1, -0.05) is 12.1 Å². The zero-order valence-electron chi connectivity index (χ0n) is 21.9. The molecule has 0 fully saturated rings. The normalized spacial score (nSPS) is 13.8. The minimum atomic E-state index is -0.607. The standard InChI is InChI=1S/C29H32N6O2/c1-18-10-12-30-15-23(18)22-8-9-25(33-28(36)37-29(2,3)4)24-16-31-27(34-26(22)24)32-21-7-6-19-11-13-35(5)17-20(19)14-21/h6-10,12,14-16H,11,13,17H2,1-5H3,(H,33,36)(H,31,32,34). The van der Waals surface area contributed by atoms with Crippen molar-refractivity contribution in [2.45, 2.75) is 46.3 Å². The first-order valence-corrected chi connectivity index (χ1v) is 12.4. The molecule has 2 aromatic heterocycles. The molecule has 0 aliphatic carbocycles. The molecule has 1 amide bonds. The van der Waals surface area contributed by atoms with E-state index < -0.39 is 11.7 Å². The molecule has 1 aliphatic rings. The fourth-order valence-corrected chi connectivity index (χ4v) is 4.57. The van der Waals surface area contributed by atoms with Crippen LogP contribution >= 0.6 is 0 Å². The maximum absolute atomic E-state index is 12.5. The van der Waals surface area contributed by atoms with Gasteiger partial charge in [-0.15, -0.1) is 0 Å². The number of hydrogen-bond donors (Lipinski definition) is 2. The van der Waals surface area contributed by atoms with E-state index in [1.165, 1.54) is 11.1 Å². The molecule has 5 rings (SSSR count). The van der Waals surface area contributed by atoms with E-state index in [4.69, 9.17) is 9.72 Å². The van der Waals surface area contributed by atoms with Crippen LogP contribution in [-0.2, 0) is 17.7 Å². The van der Waals surface area contributed by atoms with Crippen molar-refractivity contribution >= 4 is 34.3 Å². The first kappa shape index (κ1) is 24.6. The van der Waals surface area contributed by atoms with E-state index in [2.05, 4.69) is 50.7 Å². The average Bonchev–Trinajstić information content (AvgIpc) is 2.83. The van der Waals surface area contributed by atoms with Gasteiger partial charge in [0.05, 0.1) is 11.2 Å². The van der Waals surface area contributed by atoms with Gasteiger partial charge in [0.1, 0.15) is 5.60 Å². The molecule has 0 bridgehead atoms. The number of nitrogens with one attached hydrogen (secondary N) is 2. The maximum Gasteiger partial charge on any atom is 0.412 e. The number of aryl methyl sites for hydroxylation is 1. The lowest BCUT2D eigenvalue weighted by Gasteiger charge is -2.25. The number of benzene rings is 2. The van der Waals surface area contributed by atoms with Crippen LogP contribution in [0.15, 0.2) is 55.0 Å². The van der Waals surface area contributed by atoms with Gasteiger partial charge in [-0.3, -0.25) is 10.3 Å². The van der Waals surface area contributed by atoms with Crippen LogP contribution in [0.5, 0.6) is 0 Å². The number of pyridine rings is 1. The topological polar surface area (TPSA) is 92.3 Å². The number of rotatable bonds is 4. The van der Waals surface area contributed by atoms with Crippen LogP contribution in [-0.4, -0.2) is 45.1 Å². The number of nitrogens with zero attached hydrogens (tertiary/aromatic N) is 4. The summed E-state index contributed by atoms with van der Waals surface area (Å²) in [5.74, 6) is 0.480. The lowest BCUT2D eigenvalue weighted by molar-refractivity contribution is 0.0636. The summed E-state index contributed by atoms with van der Waals surface area (Å²) in [6.07, 6.45) is 5.87. The van der Waals surface area contributed by atoms with Crippen molar-refractivity contribution in [3.8, 4) is 11.1 Å². The summed E-state index contributed by atoms with van der Waals surface area (Å²) in [5, 5.41) is 6.95. The molecule has 2 N–H and O–H groups in total. The Kier molecular flexibility index (Phi) is 6.52. The summed E-state index contributed by atoms with van der Waals surface area (Å²) < 4.78 is 5.46. The van der Waals surface area contributed by atoms with Crippen LogP contribution in [0.25, 0.3) is 22.0 Å². The molecule has 8 heteroatoms. The highest BCUT2D eigenvalue weighted by atomic mass is 16.6. The van der Waals surface area contributed by atoms with Gasteiger partial charge >= 0.3 is 6.09 Å². The van der Waals surface area contributed by atoms with E-state index >= 15 is 0 Å². The summed E-state index contributed by atoms with van der Waals surface area (Å²) in [6, 6.07) is 12.2. The summed E-state index contributed by atoms with van der Waals surface area (Å²) in [7, 11) is 2.14. The lowest BCUT2D eigenvalue weighted by atomic mass is 9.99. The SMILES string of the molecule is Cc1ccncc1-c1ccc(NC(=O)OC(C)(C)C)c2cnc(Nc3ccc4c(c3)CN(C)CC4)nc12. The summed E-state index contributed by atoms with van der Waals surface area (Å²) in [5.41, 5.74) is 7.28. The number of ether oxygens (including phenoxy) is 1. The summed E-state index contributed by atoms with van der Waals surface area (Å²) in [4.78, 5) is 28.7. The van der Waals surface area contributed by atoms with Crippen LogP contribution in [0.3, 0.4) is 0 Å². The van der Waals surface area contributed by atoms with Crippen LogP contribution in [0, 0.1) is 6.92 Å². The van der Waals surface area contributed by atoms with Crippen LogP contribution in [0.1, 0.15) is 37.5 Å². The van der Waals surface area contributed by atoms with Gasteiger partial charge in [0, 0.05) is 53.9 Å².